The van der Waals surface area contributed by atoms with E-state index in [1.165, 1.54) is 43.2 Å². The van der Waals surface area contributed by atoms with Crippen LogP contribution in [0, 0.1) is 17.0 Å². The van der Waals surface area contributed by atoms with E-state index in [0.29, 0.717) is 16.3 Å². The maximum Gasteiger partial charge on any atom is 0.273 e. The van der Waals surface area contributed by atoms with Crippen LogP contribution in [-0.4, -0.2) is 55.8 Å². The van der Waals surface area contributed by atoms with Crippen LogP contribution in [-0.2, 0) is 26.2 Å². The number of nitro groups is 1. The van der Waals surface area contributed by atoms with Gasteiger partial charge in [-0.05, 0) is 74.7 Å². The fourth-order valence-electron chi connectivity index (χ4n) is 5.33. The number of sulfonamides is 1. The van der Waals surface area contributed by atoms with Gasteiger partial charge in [-0.1, -0.05) is 49.1 Å². The molecule has 0 aromatic heterocycles. The van der Waals surface area contributed by atoms with Gasteiger partial charge < -0.3 is 15.0 Å². The Balaban J connectivity index is 1.72. The van der Waals surface area contributed by atoms with Crippen molar-refractivity contribution in [3.8, 4) is 5.75 Å². The van der Waals surface area contributed by atoms with E-state index in [-0.39, 0.29) is 40.3 Å². The van der Waals surface area contributed by atoms with Crippen LogP contribution in [0.2, 0.25) is 5.02 Å². The van der Waals surface area contributed by atoms with Gasteiger partial charge in [0.1, 0.15) is 18.3 Å². The molecule has 45 heavy (non-hydrogen) atoms. The van der Waals surface area contributed by atoms with Crippen LogP contribution < -0.4 is 14.4 Å². The summed E-state index contributed by atoms with van der Waals surface area (Å²) in [7, 11) is -3.04. The van der Waals surface area contributed by atoms with Gasteiger partial charge in [0, 0.05) is 29.2 Å². The smallest absolute Gasteiger partial charge is 0.273 e. The third-order valence-corrected chi connectivity index (χ3v) is 9.97. The van der Waals surface area contributed by atoms with E-state index in [1.807, 2.05) is 0 Å². The molecule has 1 atom stereocenters. The minimum atomic E-state index is -4.50. The van der Waals surface area contributed by atoms with Gasteiger partial charge in [-0.15, -0.1) is 0 Å². The molecule has 1 N–H and O–H groups in total. The van der Waals surface area contributed by atoms with Crippen molar-refractivity contribution in [1.82, 2.24) is 10.2 Å². The van der Waals surface area contributed by atoms with Crippen LogP contribution in [0.4, 0.5) is 11.4 Å². The molecule has 1 unspecified atom stereocenters. The summed E-state index contributed by atoms with van der Waals surface area (Å²) in [6, 6.07) is 15.6. The number of halogens is 1. The first kappa shape index (κ1) is 33.7. The molecular weight excluding hydrogens is 620 g/mol. The Morgan fingerprint density at radius 2 is 1.76 bits per heavy atom. The number of carbonyl (C=O) groups excluding carboxylic acids is 2. The number of aryl methyl sites for hydroxylation is 1. The van der Waals surface area contributed by atoms with Gasteiger partial charge in [0.2, 0.25) is 11.8 Å². The van der Waals surface area contributed by atoms with Gasteiger partial charge in [0.15, 0.2) is 0 Å². The fraction of sp³-hybridized carbons (Fsp3) is 0.375. The number of amides is 2. The van der Waals surface area contributed by atoms with E-state index in [0.717, 1.165) is 42.5 Å². The molecular formula is C32H37ClN4O7S. The number of methoxy groups -OCH3 is 1. The van der Waals surface area contributed by atoms with Crippen molar-refractivity contribution in [2.24, 2.45) is 0 Å². The second kappa shape index (κ2) is 14.7. The highest BCUT2D eigenvalue weighted by molar-refractivity contribution is 7.92. The third kappa shape index (κ3) is 8.31. The molecule has 240 valence electrons. The number of nitro benzene ring substituents is 1. The highest BCUT2D eigenvalue weighted by Crippen LogP contribution is 2.30. The van der Waals surface area contributed by atoms with Crippen LogP contribution in [0.25, 0.3) is 0 Å². The molecule has 0 radical (unpaired) electrons. The highest BCUT2D eigenvalue weighted by Gasteiger charge is 2.34. The molecule has 1 aliphatic carbocycles. The minimum absolute atomic E-state index is 0.00493. The van der Waals surface area contributed by atoms with Gasteiger partial charge >= 0.3 is 0 Å². The first-order valence-electron chi connectivity index (χ1n) is 14.7. The van der Waals surface area contributed by atoms with E-state index in [1.54, 1.807) is 43.3 Å². The molecule has 0 saturated heterocycles. The molecule has 4 rings (SSSR count). The lowest BCUT2D eigenvalue weighted by molar-refractivity contribution is -0.385. The third-order valence-electron chi connectivity index (χ3n) is 7.97. The molecule has 11 nitrogen and oxygen atoms in total. The monoisotopic (exact) mass is 656 g/mol. The van der Waals surface area contributed by atoms with Crippen molar-refractivity contribution in [2.45, 2.75) is 69.5 Å². The molecule has 0 spiro atoms. The second-order valence-corrected chi connectivity index (χ2v) is 13.4. The average Bonchev–Trinajstić information content (AvgIpc) is 3.02. The number of benzene rings is 3. The molecule has 1 saturated carbocycles. The quantitative estimate of drug-likeness (QED) is 0.197. The predicted octanol–water partition coefficient (Wildman–Crippen LogP) is 5.63. The molecule has 0 aliphatic heterocycles. The number of rotatable bonds is 12. The number of carbonyl (C=O) groups is 2. The van der Waals surface area contributed by atoms with Crippen LogP contribution in [0.1, 0.15) is 50.2 Å². The maximum atomic E-state index is 14.2. The number of anilines is 1. The summed E-state index contributed by atoms with van der Waals surface area (Å²) >= 11 is 6.21. The van der Waals surface area contributed by atoms with Crippen LogP contribution in [0.5, 0.6) is 5.75 Å². The van der Waals surface area contributed by atoms with Crippen molar-refractivity contribution in [3.63, 3.8) is 0 Å². The summed E-state index contributed by atoms with van der Waals surface area (Å²) in [4.78, 5) is 39.6. The first-order valence-corrected chi connectivity index (χ1v) is 16.5. The molecule has 1 aliphatic rings. The molecule has 0 heterocycles. The SMILES string of the molecule is COc1ccc(N(CC(=O)N(Cc2cccc(Cl)c2)C(C)C(=O)NC2CCCCC2)S(=O)(=O)c2ccc(C)c([N+](=O)[O-])c2)cc1. The summed E-state index contributed by atoms with van der Waals surface area (Å²) < 4.78 is 34.3. The second-order valence-electron chi connectivity index (χ2n) is 11.1. The van der Waals surface area contributed by atoms with Crippen LogP contribution in [0.3, 0.4) is 0 Å². The van der Waals surface area contributed by atoms with E-state index >= 15 is 0 Å². The van der Waals surface area contributed by atoms with Crippen molar-refractivity contribution >= 4 is 44.8 Å². The zero-order chi connectivity index (χ0) is 32.7. The standard InChI is InChI=1S/C32H37ClN4O7S/c1-22-12-17-29(19-30(22)37(40)41)45(42,43)36(27-13-15-28(44-3)16-14-27)21-31(38)35(20-24-8-7-9-25(33)18-24)23(2)32(39)34-26-10-5-4-6-11-26/h7-9,12-19,23,26H,4-6,10-11,20-21H2,1-3H3,(H,34,39). The summed E-state index contributed by atoms with van der Waals surface area (Å²) in [6.45, 7) is 2.42. The zero-order valence-corrected chi connectivity index (χ0v) is 27.0. The van der Waals surface area contributed by atoms with Crippen molar-refractivity contribution in [2.75, 3.05) is 18.0 Å². The Labute approximate surface area is 268 Å². The van der Waals surface area contributed by atoms with Crippen molar-refractivity contribution in [3.05, 3.63) is 93.0 Å². The molecule has 3 aromatic rings. The van der Waals surface area contributed by atoms with Gasteiger partial charge in [-0.3, -0.25) is 24.0 Å². The van der Waals surface area contributed by atoms with E-state index in [9.17, 15) is 28.1 Å². The zero-order valence-electron chi connectivity index (χ0n) is 25.4. The van der Waals surface area contributed by atoms with Crippen LogP contribution in [0.15, 0.2) is 71.6 Å². The summed E-state index contributed by atoms with van der Waals surface area (Å²) in [5.74, 6) is -0.531. The Hall–Kier alpha value is -4.16. The van der Waals surface area contributed by atoms with Crippen molar-refractivity contribution < 1.29 is 27.7 Å². The molecule has 2 amide bonds. The van der Waals surface area contributed by atoms with Gasteiger partial charge in [-0.2, -0.15) is 0 Å². The molecule has 1 fully saturated rings. The largest absolute Gasteiger partial charge is 0.497 e. The number of hydrogen-bond acceptors (Lipinski definition) is 7. The molecule has 3 aromatic carbocycles. The molecule has 0 bridgehead atoms. The molecule has 13 heteroatoms. The Bertz CT molecular complexity index is 1640. The fourth-order valence-corrected chi connectivity index (χ4v) is 6.98. The van der Waals surface area contributed by atoms with Crippen molar-refractivity contribution in [1.29, 1.82) is 0 Å². The van der Waals surface area contributed by atoms with E-state index in [2.05, 4.69) is 5.32 Å². The Morgan fingerprint density at radius 1 is 1.07 bits per heavy atom. The maximum absolute atomic E-state index is 14.2. The van der Waals surface area contributed by atoms with E-state index < -0.39 is 33.4 Å². The number of hydrogen-bond donors (Lipinski definition) is 1. The topological polar surface area (TPSA) is 139 Å². The minimum Gasteiger partial charge on any atom is -0.497 e. The summed E-state index contributed by atoms with van der Waals surface area (Å²) in [5.41, 5.74) is 0.708. The normalized spacial score (nSPS) is 14.3. The number of nitrogens with zero attached hydrogens (tertiary/aromatic N) is 3. The lowest BCUT2D eigenvalue weighted by Gasteiger charge is -2.33. The average molecular weight is 657 g/mol. The van der Waals surface area contributed by atoms with Gasteiger partial charge in [0.05, 0.1) is 22.6 Å². The predicted molar refractivity (Wildman–Crippen MR) is 172 cm³/mol. The van der Waals surface area contributed by atoms with Crippen LogP contribution >= 0.6 is 11.6 Å². The highest BCUT2D eigenvalue weighted by atomic mass is 35.5. The van der Waals surface area contributed by atoms with E-state index in [4.69, 9.17) is 16.3 Å². The van der Waals surface area contributed by atoms with Gasteiger partial charge in [-0.25, -0.2) is 8.42 Å². The summed E-state index contributed by atoms with van der Waals surface area (Å²) in [5, 5.41) is 15.1. The number of ether oxygens (including phenoxy) is 1. The lowest BCUT2D eigenvalue weighted by Crippen LogP contribution is -2.53. The number of nitrogens with one attached hydrogen (secondary N) is 1. The Morgan fingerprint density at radius 3 is 2.38 bits per heavy atom. The van der Waals surface area contributed by atoms with Gasteiger partial charge in [0.25, 0.3) is 15.7 Å². The first-order chi connectivity index (χ1) is 21.4. The summed E-state index contributed by atoms with van der Waals surface area (Å²) in [6.07, 6.45) is 4.84. The lowest BCUT2D eigenvalue weighted by atomic mass is 9.95. The Kier molecular flexibility index (Phi) is 11.1.